The first-order valence-corrected chi connectivity index (χ1v) is 10.7. The van der Waals surface area contributed by atoms with Crippen molar-refractivity contribution in [1.82, 2.24) is 14.5 Å². The molecule has 6 nitrogen and oxygen atoms in total. The van der Waals surface area contributed by atoms with E-state index >= 15 is 0 Å². The van der Waals surface area contributed by atoms with Gasteiger partial charge in [0.25, 0.3) is 5.91 Å². The summed E-state index contributed by atoms with van der Waals surface area (Å²) in [6.45, 7) is 3.82. The average molecular weight is 415 g/mol. The molecule has 5 rings (SSSR count). The van der Waals surface area contributed by atoms with Crippen LogP contribution in [0.3, 0.4) is 0 Å². The quantitative estimate of drug-likeness (QED) is 0.651. The summed E-state index contributed by atoms with van der Waals surface area (Å²) in [4.78, 5) is 31.8. The third kappa shape index (κ3) is 3.85. The Labute approximate surface area is 181 Å². The lowest BCUT2D eigenvalue weighted by Crippen LogP contribution is -2.52. The van der Waals surface area contributed by atoms with Crippen molar-refractivity contribution in [3.63, 3.8) is 0 Å². The molecular formula is C25H25N3O3. The van der Waals surface area contributed by atoms with Gasteiger partial charge in [-0.3, -0.25) is 9.59 Å². The number of nitrogens with zero attached hydrogens (tertiary/aromatic N) is 3. The van der Waals surface area contributed by atoms with E-state index in [9.17, 15) is 9.59 Å². The van der Waals surface area contributed by atoms with Crippen molar-refractivity contribution in [2.45, 2.75) is 38.3 Å². The first kappa shape index (κ1) is 19.5. The summed E-state index contributed by atoms with van der Waals surface area (Å²) in [5.74, 6) is 0.839. The number of likely N-dealkylation sites (tertiary alicyclic amines) is 1. The number of carbonyl (C=O) groups excluding carboxylic acids is 2. The number of hydrogen-bond donors (Lipinski definition) is 0. The number of imidazole rings is 1. The first-order valence-electron chi connectivity index (χ1n) is 10.7. The summed E-state index contributed by atoms with van der Waals surface area (Å²) < 4.78 is 8.31. The monoisotopic (exact) mass is 415 g/mol. The van der Waals surface area contributed by atoms with Crippen LogP contribution in [-0.4, -0.2) is 44.8 Å². The predicted octanol–water partition coefficient (Wildman–Crippen LogP) is 3.88. The zero-order valence-electron chi connectivity index (χ0n) is 17.6. The number of aryl methyl sites for hydroxylation is 1. The number of ketones is 1. The SMILES string of the molecule is Cc1ccc2c(c1)C(=O)CC1(CCN(C(=O)c3cccc(Cn4ccnc4)c3)CC1)O2. The minimum absolute atomic E-state index is 0.0282. The van der Waals surface area contributed by atoms with Crippen LogP contribution in [0, 0.1) is 6.92 Å². The summed E-state index contributed by atoms with van der Waals surface area (Å²) in [6.07, 6.45) is 7.12. The van der Waals surface area contributed by atoms with Gasteiger partial charge in [-0.1, -0.05) is 23.8 Å². The molecule has 1 aromatic heterocycles. The van der Waals surface area contributed by atoms with E-state index < -0.39 is 5.60 Å². The molecule has 3 aromatic rings. The summed E-state index contributed by atoms with van der Waals surface area (Å²) in [6, 6.07) is 13.5. The fourth-order valence-electron chi connectivity index (χ4n) is 4.58. The van der Waals surface area contributed by atoms with Crippen molar-refractivity contribution in [2.24, 2.45) is 0 Å². The van der Waals surface area contributed by atoms with Gasteiger partial charge in [-0.05, 0) is 36.8 Å². The Hall–Kier alpha value is -3.41. The molecule has 0 radical (unpaired) electrons. The maximum Gasteiger partial charge on any atom is 0.253 e. The van der Waals surface area contributed by atoms with E-state index in [1.807, 2.05) is 65.1 Å². The Morgan fingerprint density at radius 2 is 2.00 bits per heavy atom. The number of benzene rings is 2. The molecule has 2 aliphatic rings. The highest BCUT2D eigenvalue weighted by atomic mass is 16.5. The summed E-state index contributed by atoms with van der Waals surface area (Å²) in [5.41, 5.74) is 2.99. The molecule has 0 N–H and O–H groups in total. The van der Waals surface area contributed by atoms with E-state index in [2.05, 4.69) is 4.98 Å². The zero-order valence-corrected chi connectivity index (χ0v) is 17.6. The molecule has 31 heavy (non-hydrogen) atoms. The number of Topliss-reactive ketones (excluding diaryl/α,β-unsaturated/α-hetero) is 1. The molecule has 0 bridgehead atoms. The molecule has 1 amide bonds. The number of aromatic nitrogens is 2. The second-order valence-corrected chi connectivity index (χ2v) is 8.61. The van der Waals surface area contributed by atoms with E-state index in [0.717, 1.165) is 11.1 Å². The van der Waals surface area contributed by atoms with E-state index in [1.165, 1.54) is 0 Å². The summed E-state index contributed by atoms with van der Waals surface area (Å²) in [5, 5.41) is 0. The van der Waals surface area contributed by atoms with Gasteiger partial charge < -0.3 is 14.2 Å². The smallest absolute Gasteiger partial charge is 0.253 e. The van der Waals surface area contributed by atoms with Gasteiger partial charge in [0.1, 0.15) is 11.4 Å². The Balaban J connectivity index is 1.27. The van der Waals surface area contributed by atoms with Crippen LogP contribution in [0.5, 0.6) is 5.75 Å². The van der Waals surface area contributed by atoms with Gasteiger partial charge in [0.2, 0.25) is 0 Å². The van der Waals surface area contributed by atoms with Crippen molar-refractivity contribution in [2.75, 3.05) is 13.1 Å². The minimum atomic E-state index is -0.501. The van der Waals surface area contributed by atoms with Gasteiger partial charge in [-0.25, -0.2) is 4.98 Å². The second kappa shape index (κ2) is 7.69. The van der Waals surface area contributed by atoms with E-state index in [1.54, 1.807) is 12.5 Å². The number of carbonyl (C=O) groups is 2. The van der Waals surface area contributed by atoms with Crippen LogP contribution in [-0.2, 0) is 6.54 Å². The van der Waals surface area contributed by atoms with E-state index in [0.29, 0.717) is 55.8 Å². The number of rotatable bonds is 3. The maximum atomic E-state index is 13.1. The highest BCUT2D eigenvalue weighted by Gasteiger charge is 2.43. The van der Waals surface area contributed by atoms with Crippen molar-refractivity contribution in [3.05, 3.63) is 83.4 Å². The van der Waals surface area contributed by atoms with Crippen LogP contribution < -0.4 is 4.74 Å². The summed E-state index contributed by atoms with van der Waals surface area (Å²) >= 11 is 0. The van der Waals surface area contributed by atoms with Gasteiger partial charge in [0.15, 0.2) is 5.78 Å². The molecule has 2 aliphatic heterocycles. The lowest BCUT2D eigenvalue weighted by atomic mass is 9.82. The highest BCUT2D eigenvalue weighted by Crippen LogP contribution is 2.39. The fourth-order valence-corrected chi connectivity index (χ4v) is 4.58. The van der Waals surface area contributed by atoms with Crippen molar-refractivity contribution >= 4 is 11.7 Å². The zero-order chi connectivity index (χ0) is 21.4. The van der Waals surface area contributed by atoms with E-state index in [-0.39, 0.29) is 11.7 Å². The van der Waals surface area contributed by atoms with Crippen LogP contribution >= 0.6 is 0 Å². The molecule has 0 atom stereocenters. The van der Waals surface area contributed by atoms with Gasteiger partial charge in [-0.2, -0.15) is 0 Å². The molecule has 0 unspecified atom stereocenters. The Morgan fingerprint density at radius 3 is 2.77 bits per heavy atom. The van der Waals surface area contributed by atoms with Crippen molar-refractivity contribution in [3.8, 4) is 5.75 Å². The third-order valence-electron chi connectivity index (χ3n) is 6.30. The normalized spacial score (nSPS) is 17.3. The molecule has 1 saturated heterocycles. The average Bonchev–Trinajstić information content (AvgIpc) is 3.28. The van der Waals surface area contributed by atoms with Crippen LogP contribution in [0.15, 0.2) is 61.2 Å². The molecule has 0 aliphatic carbocycles. The summed E-state index contributed by atoms with van der Waals surface area (Å²) in [7, 11) is 0. The van der Waals surface area contributed by atoms with Gasteiger partial charge in [-0.15, -0.1) is 0 Å². The number of piperidine rings is 1. The minimum Gasteiger partial charge on any atom is -0.486 e. The molecule has 1 spiro atoms. The van der Waals surface area contributed by atoms with Gasteiger partial charge in [0, 0.05) is 50.4 Å². The molecular weight excluding hydrogens is 390 g/mol. The Bertz CT molecular complexity index is 1130. The fraction of sp³-hybridized carbons (Fsp3) is 0.320. The molecule has 3 heterocycles. The van der Waals surface area contributed by atoms with Gasteiger partial charge in [0.05, 0.1) is 18.3 Å². The van der Waals surface area contributed by atoms with Crippen molar-refractivity contribution in [1.29, 1.82) is 0 Å². The Morgan fingerprint density at radius 1 is 1.16 bits per heavy atom. The largest absolute Gasteiger partial charge is 0.486 e. The topological polar surface area (TPSA) is 64.4 Å². The van der Waals surface area contributed by atoms with Crippen LogP contribution in [0.2, 0.25) is 0 Å². The van der Waals surface area contributed by atoms with Crippen LogP contribution in [0.25, 0.3) is 0 Å². The molecule has 6 heteroatoms. The number of amides is 1. The number of hydrogen-bond acceptors (Lipinski definition) is 4. The maximum absolute atomic E-state index is 13.1. The third-order valence-corrected chi connectivity index (χ3v) is 6.30. The number of ether oxygens (including phenoxy) is 1. The second-order valence-electron chi connectivity index (χ2n) is 8.61. The van der Waals surface area contributed by atoms with Gasteiger partial charge >= 0.3 is 0 Å². The van der Waals surface area contributed by atoms with Crippen LogP contribution in [0.1, 0.15) is 51.1 Å². The number of fused-ring (bicyclic) bond motifs is 1. The molecule has 0 saturated carbocycles. The molecule has 2 aromatic carbocycles. The lowest BCUT2D eigenvalue weighted by molar-refractivity contribution is -0.00572. The Kier molecular flexibility index (Phi) is 4.85. The standard InChI is InChI=1S/C25H25N3O3/c1-18-5-6-23-21(13-18)22(29)15-25(31-23)7-10-28(11-8-25)24(30)20-4-2-3-19(14-20)16-27-12-9-26-17-27/h2-6,9,12-14,17H,7-8,10-11,15-16H2,1H3. The van der Waals surface area contributed by atoms with Crippen molar-refractivity contribution < 1.29 is 14.3 Å². The molecule has 158 valence electrons. The molecule has 1 fully saturated rings. The lowest BCUT2D eigenvalue weighted by Gasteiger charge is -2.44. The predicted molar refractivity (Wildman–Crippen MR) is 116 cm³/mol. The van der Waals surface area contributed by atoms with Crippen LogP contribution in [0.4, 0.5) is 0 Å². The van der Waals surface area contributed by atoms with E-state index in [4.69, 9.17) is 4.74 Å². The first-order chi connectivity index (χ1) is 15.0. The highest BCUT2D eigenvalue weighted by molar-refractivity contribution is 6.00.